The lowest BCUT2D eigenvalue weighted by molar-refractivity contribution is -0.150. The van der Waals surface area contributed by atoms with E-state index in [1.165, 1.54) is 12.0 Å². The Bertz CT molecular complexity index is 782. The molecule has 1 N–H and O–H groups in total. The highest BCUT2D eigenvalue weighted by atomic mass is 16.2. The third kappa shape index (κ3) is 2.32. The highest BCUT2D eigenvalue weighted by Gasteiger charge is 2.61. The van der Waals surface area contributed by atoms with Crippen LogP contribution in [-0.2, 0) is 10.3 Å². The largest absolute Gasteiger partial charge is 0.326 e. The van der Waals surface area contributed by atoms with E-state index >= 15 is 0 Å². The summed E-state index contributed by atoms with van der Waals surface area (Å²) in [6, 6.07) is 8.10. The number of aromatic nitrogens is 3. The first kappa shape index (κ1) is 15.1. The van der Waals surface area contributed by atoms with E-state index in [0.717, 1.165) is 37.8 Å². The number of hydrogen-bond donors (Lipinski definition) is 1. The Hall–Kier alpha value is -2.17. The van der Waals surface area contributed by atoms with Crippen molar-refractivity contribution in [2.45, 2.75) is 51.0 Å². The van der Waals surface area contributed by atoms with Crippen molar-refractivity contribution in [3.63, 3.8) is 0 Å². The molecule has 4 bridgehead atoms. The molecule has 0 aliphatic heterocycles. The van der Waals surface area contributed by atoms with Crippen LogP contribution in [-0.4, -0.2) is 20.7 Å². The van der Waals surface area contributed by atoms with Crippen LogP contribution in [0.2, 0.25) is 0 Å². The molecule has 1 aromatic heterocycles. The molecular weight excluding hydrogens is 312 g/mol. The van der Waals surface area contributed by atoms with Gasteiger partial charge in [0.25, 0.3) is 0 Å². The van der Waals surface area contributed by atoms with Crippen molar-refractivity contribution in [2.75, 3.05) is 5.32 Å². The number of carbonyl (C=O) groups excluding carboxylic acids is 1. The van der Waals surface area contributed by atoms with Gasteiger partial charge in [0.2, 0.25) is 5.91 Å². The molecule has 5 heteroatoms. The lowest BCUT2D eigenvalue weighted by atomic mass is 9.46. The summed E-state index contributed by atoms with van der Waals surface area (Å²) in [5, 5.41) is 7.67. The molecule has 1 heterocycles. The first-order chi connectivity index (χ1) is 12.1. The summed E-state index contributed by atoms with van der Waals surface area (Å²) in [6.07, 6.45) is 9.98. The number of amides is 1. The average molecular weight is 336 g/mol. The quantitative estimate of drug-likeness (QED) is 0.933. The summed E-state index contributed by atoms with van der Waals surface area (Å²) < 4.78 is 2.05. The second kappa shape index (κ2) is 5.16. The van der Waals surface area contributed by atoms with Crippen LogP contribution in [0.4, 0.5) is 5.69 Å². The van der Waals surface area contributed by atoms with Gasteiger partial charge in [-0.2, -0.15) is 5.10 Å². The molecular formula is C20H24N4O. The minimum Gasteiger partial charge on any atom is -0.326 e. The zero-order valence-electron chi connectivity index (χ0n) is 14.6. The van der Waals surface area contributed by atoms with Gasteiger partial charge in [0, 0.05) is 5.69 Å². The maximum absolute atomic E-state index is 13.3. The number of rotatable bonds is 3. The Morgan fingerprint density at radius 1 is 1.16 bits per heavy atom. The molecule has 0 radical (unpaired) electrons. The zero-order chi connectivity index (χ0) is 17.1. The van der Waals surface area contributed by atoms with Gasteiger partial charge in [0.15, 0.2) is 0 Å². The molecule has 130 valence electrons. The molecule has 4 saturated carbocycles. The SMILES string of the molecule is Cc1ccc(NC(=O)C23C[C@H]4C[C@H](C2)CC(n2cncn2)(C4)C3)cc1. The molecule has 2 aromatic rings. The van der Waals surface area contributed by atoms with Gasteiger partial charge in [-0.1, -0.05) is 17.7 Å². The number of anilines is 1. The van der Waals surface area contributed by atoms with Crippen LogP contribution in [0.3, 0.4) is 0 Å². The number of carbonyl (C=O) groups is 1. The van der Waals surface area contributed by atoms with Crippen molar-refractivity contribution >= 4 is 11.6 Å². The second-order valence-corrected chi connectivity index (χ2v) is 8.63. The van der Waals surface area contributed by atoms with Crippen molar-refractivity contribution in [3.05, 3.63) is 42.5 Å². The minimum absolute atomic E-state index is 0.00873. The normalized spacial score (nSPS) is 35.7. The zero-order valence-corrected chi connectivity index (χ0v) is 14.6. The summed E-state index contributed by atoms with van der Waals surface area (Å²) in [5.41, 5.74) is 1.85. The minimum atomic E-state index is -0.249. The van der Waals surface area contributed by atoms with Crippen LogP contribution >= 0.6 is 0 Å². The topological polar surface area (TPSA) is 59.8 Å². The number of aryl methyl sites for hydroxylation is 1. The second-order valence-electron chi connectivity index (χ2n) is 8.63. The molecule has 4 aliphatic rings. The molecule has 1 amide bonds. The van der Waals surface area contributed by atoms with E-state index in [4.69, 9.17) is 0 Å². The van der Waals surface area contributed by atoms with Crippen molar-refractivity contribution in [1.29, 1.82) is 0 Å². The molecule has 2 atom stereocenters. The average Bonchev–Trinajstić information content (AvgIpc) is 3.11. The molecule has 1 aromatic carbocycles. The van der Waals surface area contributed by atoms with Gasteiger partial charge in [-0.05, 0) is 69.4 Å². The van der Waals surface area contributed by atoms with Crippen molar-refractivity contribution < 1.29 is 4.79 Å². The highest BCUT2D eigenvalue weighted by Crippen LogP contribution is 2.64. The fourth-order valence-corrected chi connectivity index (χ4v) is 6.10. The van der Waals surface area contributed by atoms with E-state index in [-0.39, 0.29) is 16.9 Å². The summed E-state index contributed by atoms with van der Waals surface area (Å²) >= 11 is 0. The van der Waals surface area contributed by atoms with Crippen LogP contribution in [0.5, 0.6) is 0 Å². The van der Waals surface area contributed by atoms with Gasteiger partial charge < -0.3 is 5.32 Å². The Balaban J connectivity index is 1.46. The van der Waals surface area contributed by atoms with Crippen LogP contribution < -0.4 is 5.32 Å². The fraction of sp³-hybridized carbons (Fsp3) is 0.550. The molecule has 4 aliphatic carbocycles. The number of nitrogens with one attached hydrogen (secondary N) is 1. The molecule has 25 heavy (non-hydrogen) atoms. The number of benzene rings is 1. The van der Waals surface area contributed by atoms with Crippen molar-refractivity contribution in [2.24, 2.45) is 17.3 Å². The fourth-order valence-electron chi connectivity index (χ4n) is 6.10. The summed E-state index contributed by atoms with van der Waals surface area (Å²) in [5.74, 6) is 1.47. The molecule has 4 fully saturated rings. The first-order valence-corrected chi connectivity index (χ1v) is 9.30. The van der Waals surface area contributed by atoms with Crippen LogP contribution in [0.15, 0.2) is 36.9 Å². The lowest BCUT2D eigenvalue weighted by Gasteiger charge is -2.60. The summed E-state index contributed by atoms with van der Waals surface area (Å²) in [4.78, 5) is 17.5. The Kier molecular flexibility index (Phi) is 3.12. The van der Waals surface area contributed by atoms with Crippen LogP contribution in [0.25, 0.3) is 0 Å². The van der Waals surface area contributed by atoms with E-state index in [1.807, 2.05) is 30.6 Å². The van der Waals surface area contributed by atoms with Gasteiger partial charge in [-0.3, -0.25) is 4.79 Å². The molecule has 0 spiro atoms. The highest BCUT2D eigenvalue weighted by molar-refractivity contribution is 5.95. The van der Waals surface area contributed by atoms with E-state index in [0.29, 0.717) is 11.8 Å². The van der Waals surface area contributed by atoms with Gasteiger partial charge in [-0.25, -0.2) is 9.67 Å². The summed E-state index contributed by atoms with van der Waals surface area (Å²) in [6.45, 7) is 2.06. The smallest absolute Gasteiger partial charge is 0.230 e. The van der Waals surface area contributed by atoms with Gasteiger partial charge in [0.05, 0.1) is 11.0 Å². The Morgan fingerprint density at radius 2 is 1.88 bits per heavy atom. The van der Waals surface area contributed by atoms with Crippen molar-refractivity contribution in [3.8, 4) is 0 Å². The maximum Gasteiger partial charge on any atom is 0.230 e. The van der Waals surface area contributed by atoms with Gasteiger partial charge in [-0.15, -0.1) is 0 Å². The molecule has 6 rings (SSSR count). The third-order valence-corrected chi connectivity index (χ3v) is 6.73. The van der Waals surface area contributed by atoms with E-state index < -0.39 is 0 Å². The Morgan fingerprint density at radius 3 is 2.52 bits per heavy atom. The van der Waals surface area contributed by atoms with Gasteiger partial charge >= 0.3 is 0 Å². The standard InChI is InChI=1S/C20H24N4O/c1-14-2-4-17(5-3-14)23-18(25)19-7-15-6-16(8-19)10-20(9-15,11-19)24-13-21-12-22-24/h2-5,12-13,15-16H,6-11H2,1H3,(H,23,25)/t15-,16-,19?,20?/m1/s1. The third-order valence-electron chi connectivity index (χ3n) is 6.73. The summed E-state index contributed by atoms with van der Waals surface area (Å²) in [7, 11) is 0. The molecule has 5 nitrogen and oxygen atoms in total. The predicted octanol–water partition coefficient (Wildman–Crippen LogP) is 3.52. The van der Waals surface area contributed by atoms with E-state index in [9.17, 15) is 4.79 Å². The Labute approximate surface area is 147 Å². The van der Waals surface area contributed by atoms with Crippen molar-refractivity contribution in [1.82, 2.24) is 14.8 Å². The number of hydrogen-bond acceptors (Lipinski definition) is 3. The van der Waals surface area contributed by atoms with E-state index in [2.05, 4.69) is 27.0 Å². The molecule has 0 unspecified atom stereocenters. The number of nitrogens with zero attached hydrogens (tertiary/aromatic N) is 3. The first-order valence-electron chi connectivity index (χ1n) is 9.30. The van der Waals surface area contributed by atoms with Crippen LogP contribution in [0, 0.1) is 24.2 Å². The molecule has 0 saturated heterocycles. The maximum atomic E-state index is 13.3. The monoisotopic (exact) mass is 336 g/mol. The van der Waals surface area contributed by atoms with Gasteiger partial charge in [0.1, 0.15) is 12.7 Å². The van der Waals surface area contributed by atoms with Crippen LogP contribution in [0.1, 0.15) is 44.1 Å². The lowest BCUT2D eigenvalue weighted by Crippen LogP contribution is -2.60. The van der Waals surface area contributed by atoms with E-state index in [1.54, 1.807) is 6.33 Å². The predicted molar refractivity (Wildman–Crippen MR) is 94.9 cm³/mol.